The van der Waals surface area contributed by atoms with Crippen molar-refractivity contribution in [1.29, 1.82) is 0 Å². The molecule has 0 atom stereocenters. The van der Waals surface area contributed by atoms with E-state index in [4.69, 9.17) is 5.73 Å². The summed E-state index contributed by atoms with van der Waals surface area (Å²) in [6, 6.07) is 10.5. The van der Waals surface area contributed by atoms with Crippen molar-refractivity contribution in [2.45, 2.75) is 16.7 Å². The third-order valence-electron chi connectivity index (χ3n) is 2.68. The van der Waals surface area contributed by atoms with E-state index in [-0.39, 0.29) is 5.82 Å². The van der Waals surface area contributed by atoms with Gasteiger partial charge in [-0.3, -0.25) is 0 Å². The van der Waals surface area contributed by atoms with E-state index in [9.17, 15) is 4.39 Å². The summed E-state index contributed by atoms with van der Waals surface area (Å²) in [5.41, 5.74) is 7.60. The van der Waals surface area contributed by atoms with Crippen molar-refractivity contribution >= 4 is 39.0 Å². The van der Waals surface area contributed by atoms with Crippen molar-refractivity contribution in [1.82, 2.24) is 4.98 Å². The van der Waals surface area contributed by atoms with Crippen LogP contribution in [0.2, 0.25) is 0 Å². The van der Waals surface area contributed by atoms with Crippen molar-refractivity contribution in [3.63, 3.8) is 0 Å². The van der Waals surface area contributed by atoms with Crippen molar-refractivity contribution in [2.75, 3.05) is 5.73 Å². The van der Waals surface area contributed by atoms with Gasteiger partial charge in [0, 0.05) is 15.5 Å². The SMILES string of the molecule is Cc1nc2cc(Sc3ccccc3F)c(N)cc2s1. The third kappa shape index (κ3) is 2.43. The Balaban J connectivity index is 2.05. The Morgan fingerprint density at radius 3 is 2.79 bits per heavy atom. The average molecular weight is 290 g/mol. The molecule has 96 valence electrons. The van der Waals surface area contributed by atoms with E-state index in [1.807, 2.05) is 25.1 Å². The van der Waals surface area contributed by atoms with Crippen LogP contribution < -0.4 is 5.73 Å². The fourth-order valence-electron chi connectivity index (χ4n) is 1.82. The highest BCUT2D eigenvalue weighted by Crippen LogP contribution is 2.37. The van der Waals surface area contributed by atoms with E-state index in [2.05, 4.69) is 4.98 Å². The summed E-state index contributed by atoms with van der Waals surface area (Å²) in [4.78, 5) is 5.84. The number of nitrogens with two attached hydrogens (primary N) is 1. The molecule has 0 spiro atoms. The lowest BCUT2D eigenvalue weighted by Crippen LogP contribution is -1.89. The third-order valence-corrected chi connectivity index (χ3v) is 4.74. The number of nitrogens with zero attached hydrogens (tertiary/aromatic N) is 1. The van der Waals surface area contributed by atoms with Gasteiger partial charge in [-0.15, -0.1) is 11.3 Å². The summed E-state index contributed by atoms with van der Waals surface area (Å²) in [5, 5.41) is 1.00. The fraction of sp³-hybridized carbons (Fsp3) is 0.0714. The first-order valence-corrected chi connectivity index (χ1v) is 7.36. The molecule has 2 aromatic carbocycles. The molecule has 0 bridgehead atoms. The molecule has 0 saturated carbocycles. The Hall–Kier alpha value is -1.59. The number of hydrogen-bond donors (Lipinski definition) is 1. The van der Waals surface area contributed by atoms with Gasteiger partial charge in [0.15, 0.2) is 0 Å². The van der Waals surface area contributed by atoms with E-state index in [1.54, 1.807) is 23.5 Å². The highest BCUT2D eigenvalue weighted by Gasteiger charge is 2.09. The van der Waals surface area contributed by atoms with Gasteiger partial charge in [0.1, 0.15) is 5.82 Å². The number of aryl methyl sites for hydroxylation is 1. The molecule has 19 heavy (non-hydrogen) atoms. The van der Waals surface area contributed by atoms with Crippen LogP contribution in [0, 0.1) is 12.7 Å². The van der Waals surface area contributed by atoms with Gasteiger partial charge in [0.05, 0.1) is 15.2 Å². The number of fused-ring (bicyclic) bond motifs is 1. The highest BCUT2D eigenvalue weighted by atomic mass is 32.2. The van der Waals surface area contributed by atoms with Crippen LogP contribution in [-0.2, 0) is 0 Å². The Bertz CT molecular complexity index is 752. The van der Waals surface area contributed by atoms with Gasteiger partial charge >= 0.3 is 0 Å². The van der Waals surface area contributed by atoms with Crippen LogP contribution in [0.15, 0.2) is 46.2 Å². The minimum atomic E-state index is -0.235. The molecule has 0 radical (unpaired) electrons. The van der Waals surface area contributed by atoms with Gasteiger partial charge in [-0.1, -0.05) is 23.9 Å². The zero-order valence-corrected chi connectivity index (χ0v) is 11.8. The molecule has 1 aromatic heterocycles. The van der Waals surface area contributed by atoms with Gasteiger partial charge in [-0.05, 0) is 31.2 Å². The molecule has 0 amide bonds. The molecule has 0 unspecified atom stereocenters. The Morgan fingerprint density at radius 1 is 1.21 bits per heavy atom. The highest BCUT2D eigenvalue weighted by molar-refractivity contribution is 7.99. The van der Waals surface area contributed by atoms with Crippen LogP contribution >= 0.6 is 23.1 Å². The molecule has 0 aliphatic carbocycles. The second kappa shape index (κ2) is 4.83. The number of hydrogen-bond acceptors (Lipinski definition) is 4. The number of nitrogen functional groups attached to an aromatic ring is 1. The van der Waals surface area contributed by atoms with Gasteiger partial charge in [0.2, 0.25) is 0 Å². The second-order valence-corrected chi connectivity index (χ2v) is 6.44. The normalized spacial score (nSPS) is 11.1. The van der Waals surface area contributed by atoms with Crippen LogP contribution in [0.5, 0.6) is 0 Å². The molecule has 5 heteroatoms. The maximum atomic E-state index is 13.6. The Morgan fingerprint density at radius 2 is 2.00 bits per heavy atom. The Kier molecular flexibility index (Phi) is 3.16. The molecule has 0 saturated heterocycles. The van der Waals surface area contributed by atoms with Gasteiger partial charge < -0.3 is 5.73 Å². The van der Waals surface area contributed by atoms with Crippen molar-refractivity contribution < 1.29 is 4.39 Å². The largest absolute Gasteiger partial charge is 0.398 e. The summed E-state index contributed by atoms with van der Waals surface area (Å²) < 4.78 is 14.7. The first kappa shape index (κ1) is 12.4. The summed E-state index contributed by atoms with van der Waals surface area (Å²) in [5.74, 6) is -0.235. The molecule has 0 aliphatic rings. The standard InChI is InChI=1S/C14H11FN2S2/c1-8-17-11-7-13(10(16)6-14(11)18-8)19-12-5-3-2-4-9(12)15/h2-7H,16H2,1H3. The smallest absolute Gasteiger partial charge is 0.137 e. The first-order chi connectivity index (χ1) is 9.13. The number of aromatic nitrogens is 1. The number of anilines is 1. The van der Waals surface area contributed by atoms with E-state index in [1.165, 1.54) is 17.8 Å². The number of benzene rings is 2. The summed E-state index contributed by atoms with van der Waals surface area (Å²) in [6.07, 6.45) is 0. The number of rotatable bonds is 2. The molecule has 3 rings (SSSR count). The summed E-state index contributed by atoms with van der Waals surface area (Å²) >= 11 is 2.94. The van der Waals surface area contributed by atoms with Crippen LogP contribution in [0.3, 0.4) is 0 Å². The molecular formula is C14H11FN2S2. The summed E-state index contributed by atoms with van der Waals surface area (Å²) in [7, 11) is 0. The number of thiazole rings is 1. The van der Waals surface area contributed by atoms with Crippen LogP contribution in [0.4, 0.5) is 10.1 Å². The molecule has 0 aliphatic heterocycles. The average Bonchev–Trinajstić information content (AvgIpc) is 2.71. The maximum Gasteiger partial charge on any atom is 0.137 e. The zero-order chi connectivity index (χ0) is 13.4. The monoisotopic (exact) mass is 290 g/mol. The molecular weight excluding hydrogens is 279 g/mol. The van der Waals surface area contributed by atoms with Gasteiger partial charge in [-0.2, -0.15) is 0 Å². The van der Waals surface area contributed by atoms with E-state index < -0.39 is 0 Å². The lowest BCUT2D eigenvalue weighted by molar-refractivity contribution is 0.602. The minimum Gasteiger partial charge on any atom is -0.398 e. The fourth-order valence-corrected chi connectivity index (χ4v) is 3.57. The topological polar surface area (TPSA) is 38.9 Å². The second-order valence-electron chi connectivity index (χ2n) is 4.12. The predicted octanol–water partition coefficient (Wildman–Crippen LogP) is 4.48. The van der Waals surface area contributed by atoms with E-state index in [0.29, 0.717) is 10.6 Å². The lowest BCUT2D eigenvalue weighted by atomic mass is 10.3. The molecule has 2 N–H and O–H groups in total. The quantitative estimate of drug-likeness (QED) is 0.707. The van der Waals surface area contributed by atoms with Crippen LogP contribution in [0.25, 0.3) is 10.2 Å². The van der Waals surface area contributed by atoms with Gasteiger partial charge in [0.25, 0.3) is 0 Å². The van der Waals surface area contributed by atoms with E-state index in [0.717, 1.165) is 20.1 Å². The van der Waals surface area contributed by atoms with Crippen molar-refractivity contribution in [3.8, 4) is 0 Å². The summed E-state index contributed by atoms with van der Waals surface area (Å²) in [6.45, 7) is 1.96. The minimum absolute atomic E-state index is 0.235. The van der Waals surface area contributed by atoms with Crippen molar-refractivity contribution in [3.05, 3.63) is 47.2 Å². The molecule has 2 nitrogen and oxygen atoms in total. The maximum absolute atomic E-state index is 13.6. The van der Waals surface area contributed by atoms with E-state index >= 15 is 0 Å². The molecule has 0 fully saturated rings. The number of halogens is 1. The predicted molar refractivity (Wildman–Crippen MR) is 79.3 cm³/mol. The van der Waals surface area contributed by atoms with Crippen LogP contribution in [0.1, 0.15) is 5.01 Å². The molecule has 1 heterocycles. The first-order valence-electron chi connectivity index (χ1n) is 5.72. The Labute approximate surface area is 118 Å². The zero-order valence-electron chi connectivity index (χ0n) is 10.2. The van der Waals surface area contributed by atoms with Gasteiger partial charge in [-0.25, -0.2) is 9.37 Å². The van der Waals surface area contributed by atoms with Crippen LogP contribution in [-0.4, -0.2) is 4.98 Å². The van der Waals surface area contributed by atoms with Crippen molar-refractivity contribution in [2.24, 2.45) is 0 Å². The molecule has 3 aromatic rings. The lowest BCUT2D eigenvalue weighted by Gasteiger charge is -2.06.